The van der Waals surface area contributed by atoms with Crippen LogP contribution in [-0.2, 0) is 29.9 Å². The lowest BCUT2D eigenvalue weighted by molar-refractivity contribution is 0.282. The van der Waals surface area contributed by atoms with Crippen molar-refractivity contribution in [3.63, 3.8) is 0 Å². The van der Waals surface area contributed by atoms with Crippen LogP contribution in [0.15, 0.2) is 48.5 Å². The van der Waals surface area contributed by atoms with E-state index in [-0.39, 0.29) is 18.3 Å². The highest BCUT2D eigenvalue weighted by Gasteiger charge is 2.11. The highest BCUT2D eigenvalue weighted by Crippen LogP contribution is 2.29. The van der Waals surface area contributed by atoms with Crippen LogP contribution in [0.4, 0.5) is 11.8 Å². The average Bonchev–Trinajstić information content (AvgIpc) is 2.68. The number of aliphatic hydroxyl groups is 1. The van der Waals surface area contributed by atoms with Crippen molar-refractivity contribution in [2.24, 2.45) is 0 Å². The summed E-state index contributed by atoms with van der Waals surface area (Å²) in [5.41, 5.74) is 9.53. The number of nitrogens with one attached hydrogen (secondary N) is 1. The Morgan fingerprint density at radius 2 is 1.86 bits per heavy atom. The maximum atomic E-state index is 10.7. The summed E-state index contributed by atoms with van der Waals surface area (Å²) in [5, 5.41) is 13.3. The van der Waals surface area contributed by atoms with Crippen LogP contribution in [0.5, 0.6) is 0 Å². The number of nitrogens with zero attached hydrogens (tertiary/aromatic N) is 2. The lowest BCUT2D eigenvalue weighted by atomic mass is 10.0. The van der Waals surface area contributed by atoms with Gasteiger partial charge in [0, 0.05) is 34.5 Å². The van der Waals surface area contributed by atoms with Crippen molar-refractivity contribution in [1.82, 2.24) is 9.97 Å². The second-order valence-corrected chi connectivity index (χ2v) is 7.67. The Balaban J connectivity index is 1.69. The van der Waals surface area contributed by atoms with Crippen molar-refractivity contribution in [1.29, 1.82) is 0 Å². The van der Waals surface area contributed by atoms with Crippen LogP contribution >= 0.6 is 11.6 Å². The molecule has 2 aromatic carbocycles. The van der Waals surface area contributed by atoms with Gasteiger partial charge in [0.1, 0.15) is 5.82 Å². The summed E-state index contributed by atoms with van der Waals surface area (Å²) in [6, 6.07) is 14.5. The lowest BCUT2D eigenvalue weighted by Crippen LogP contribution is -2.09. The number of benzene rings is 2. The normalized spacial score (nSPS) is 12.0. The van der Waals surface area contributed by atoms with Crippen molar-refractivity contribution in [3.8, 4) is 11.3 Å². The number of halogens is 1. The van der Waals surface area contributed by atoms with Crippen molar-refractivity contribution >= 4 is 34.4 Å². The van der Waals surface area contributed by atoms with Crippen LogP contribution < -0.4 is 11.1 Å². The monoisotopic (exact) mass is 431 g/mol. The van der Waals surface area contributed by atoms with Crippen LogP contribution in [0.25, 0.3) is 11.3 Å². The molecule has 3 aromatic rings. The zero-order valence-corrected chi connectivity index (χ0v) is 17.0. The van der Waals surface area contributed by atoms with Gasteiger partial charge in [0.15, 0.2) is 0 Å². The molecule has 4 N–H and O–H groups in total. The number of nitrogen functional groups attached to an aromatic ring is 1. The van der Waals surface area contributed by atoms with Gasteiger partial charge in [0.25, 0.3) is 0 Å². The molecule has 152 valence electrons. The average molecular weight is 432 g/mol. The predicted molar refractivity (Wildman–Crippen MR) is 114 cm³/mol. The molecule has 0 bridgehead atoms. The van der Waals surface area contributed by atoms with E-state index in [0.717, 1.165) is 17.5 Å². The van der Waals surface area contributed by atoms with Gasteiger partial charge >= 0.3 is 0 Å². The van der Waals surface area contributed by atoms with Gasteiger partial charge in [0.05, 0.1) is 12.3 Å². The summed E-state index contributed by atoms with van der Waals surface area (Å²) in [5.74, 6) is 0.694. The number of rotatable bonds is 8. The van der Waals surface area contributed by atoms with Gasteiger partial charge in [-0.2, -0.15) is 4.98 Å². The zero-order chi connectivity index (χ0) is 20.8. The molecule has 7 nitrogen and oxygen atoms in total. The summed E-state index contributed by atoms with van der Waals surface area (Å²) in [6.45, 7) is 0.392. The quantitative estimate of drug-likeness (QED) is 0.468. The van der Waals surface area contributed by atoms with Crippen molar-refractivity contribution in [2.45, 2.75) is 18.8 Å². The predicted octanol–water partition coefficient (Wildman–Crippen LogP) is 2.91. The van der Waals surface area contributed by atoms with Gasteiger partial charge in [-0.15, -0.1) is 0 Å². The van der Waals surface area contributed by atoms with E-state index in [0.29, 0.717) is 34.2 Å². The maximum absolute atomic E-state index is 10.7. The van der Waals surface area contributed by atoms with Gasteiger partial charge in [-0.05, 0) is 23.6 Å². The minimum absolute atomic E-state index is 0.0147. The molecule has 0 amide bonds. The van der Waals surface area contributed by atoms with Crippen LogP contribution in [0.1, 0.15) is 16.7 Å². The van der Waals surface area contributed by atoms with Crippen molar-refractivity contribution in [3.05, 3.63) is 70.2 Å². The van der Waals surface area contributed by atoms with Crippen LogP contribution in [-0.4, -0.2) is 30.4 Å². The Hall–Kier alpha value is -2.52. The SMILES string of the molecule is Nc1nc(NCCc2ccc(CS(=O)[O-])cc2)cc(-c2cccc(Cl)c2CO)n1. The molecule has 1 aromatic heterocycles. The fourth-order valence-electron chi connectivity index (χ4n) is 2.93. The molecule has 29 heavy (non-hydrogen) atoms. The fourth-order valence-corrected chi connectivity index (χ4v) is 3.63. The van der Waals surface area contributed by atoms with E-state index in [1.54, 1.807) is 18.2 Å². The van der Waals surface area contributed by atoms with Crippen LogP contribution in [0, 0.1) is 0 Å². The number of nitrogens with two attached hydrogens (primary N) is 1. The smallest absolute Gasteiger partial charge is 0.222 e. The van der Waals surface area contributed by atoms with Gasteiger partial charge in [-0.1, -0.05) is 59.1 Å². The third kappa shape index (κ3) is 5.74. The molecule has 3 rings (SSSR count). The zero-order valence-electron chi connectivity index (χ0n) is 15.5. The molecular formula is C20H20ClN4O3S-. The lowest BCUT2D eigenvalue weighted by Gasteiger charge is -2.12. The summed E-state index contributed by atoms with van der Waals surface area (Å²) < 4.78 is 21.5. The van der Waals surface area contributed by atoms with Crippen LogP contribution in [0.3, 0.4) is 0 Å². The Morgan fingerprint density at radius 1 is 1.14 bits per heavy atom. The topological polar surface area (TPSA) is 124 Å². The number of anilines is 2. The van der Waals surface area contributed by atoms with Gasteiger partial charge in [-0.25, -0.2) is 4.98 Å². The number of aliphatic hydroxyl groups excluding tert-OH is 1. The Labute approximate surface area is 176 Å². The minimum Gasteiger partial charge on any atom is -0.772 e. The Kier molecular flexibility index (Phi) is 7.16. The first-order valence-corrected chi connectivity index (χ1v) is 10.5. The molecule has 0 aliphatic heterocycles. The molecule has 0 aliphatic rings. The maximum Gasteiger partial charge on any atom is 0.222 e. The second kappa shape index (κ2) is 9.80. The molecule has 9 heteroatoms. The van der Waals surface area contributed by atoms with Gasteiger partial charge in [-0.3, -0.25) is 4.21 Å². The van der Waals surface area contributed by atoms with E-state index in [1.807, 2.05) is 30.3 Å². The molecule has 1 heterocycles. The summed E-state index contributed by atoms with van der Waals surface area (Å²) in [6.07, 6.45) is 0.721. The largest absolute Gasteiger partial charge is 0.772 e. The highest BCUT2D eigenvalue weighted by atomic mass is 35.5. The standard InChI is InChI=1S/C20H21ClN4O3S/c21-17-3-1-2-15(16(17)11-26)18-10-19(25-20(22)24-18)23-9-8-13-4-6-14(7-5-13)12-29(27)28/h1-7,10,26H,8-9,11-12H2,(H,27,28)(H3,22,23,24,25)/p-1. The van der Waals surface area contributed by atoms with E-state index < -0.39 is 11.1 Å². The third-order valence-electron chi connectivity index (χ3n) is 4.32. The molecule has 0 radical (unpaired) electrons. The molecular weight excluding hydrogens is 412 g/mol. The Morgan fingerprint density at radius 3 is 2.55 bits per heavy atom. The van der Waals surface area contributed by atoms with E-state index in [2.05, 4.69) is 15.3 Å². The van der Waals surface area contributed by atoms with E-state index in [4.69, 9.17) is 17.3 Å². The first kappa shape index (κ1) is 21.2. The van der Waals surface area contributed by atoms with E-state index >= 15 is 0 Å². The molecule has 1 unspecified atom stereocenters. The first-order valence-electron chi connectivity index (χ1n) is 8.87. The summed E-state index contributed by atoms with van der Waals surface area (Å²) in [7, 11) is 0. The molecule has 0 aliphatic carbocycles. The molecule has 0 fully saturated rings. The fraction of sp³-hybridized carbons (Fsp3) is 0.200. The molecule has 0 saturated carbocycles. The van der Waals surface area contributed by atoms with E-state index in [1.165, 1.54) is 0 Å². The molecule has 0 saturated heterocycles. The van der Waals surface area contributed by atoms with Gasteiger partial charge < -0.3 is 20.7 Å². The minimum atomic E-state index is -2.09. The van der Waals surface area contributed by atoms with Crippen molar-refractivity contribution in [2.75, 3.05) is 17.6 Å². The first-order chi connectivity index (χ1) is 14.0. The number of hydrogen-bond acceptors (Lipinski definition) is 7. The molecule has 1 atom stereocenters. The van der Waals surface area contributed by atoms with Crippen LogP contribution in [0.2, 0.25) is 5.02 Å². The highest BCUT2D eigenvalue weighted by molar-refractivity contribution is 7.78. The Bertz CT molecular complexity index is 1020. The molecule has 0 spiro atoms. The number of aromatic nitrogens is 2. The van der Waals surface area contributed by atoms with Gasteiger partial charge in [0.2, 0.25) is 5.95 Å². The summed E-state index contributed by atoms with van der Waals surface area (Å²) >= 11 is 4.07. The van der Waals surface area contributed by atoms with Crippen molar-refractivity contribution < 1.29 is 13.9 Å². The van der Waals surface area contributed by atoms with E-state index in [9.17, 15) is 13.9 Å². The second-order valence-electron chi connectivity index (χ2n) is 6.36. The number of hydrogen-bond donors (Lipinski definition) is 3. The third-order valence-corrected chi connectivity index (χ3v) is 5.25. The summed E-state index contributed by atoms with van der Waals surface area (Å²) in [4.78, 5) is 8.47.